The zero-order valence-corrected chi connectivity index (χ0v) is 13.0. The Hall–Kier alpha value is -0.0600. The number of hydrogen-bond donors (Lipinski definition) is 2. The third-order valence-corrected chi connectivity index (χ3v) is 4.50. The number of benzene rings is 1. The highest BCUT2D eigenvalue weighted by molar-refractivity contribution is 9.11. The molecule has 2 N–H and O–H groups in total. The van der Waals surface area contributed by atoms with Crippen molar-refractivity contribution < 1.29 is 5.11 Å². The SMILES string of the molecule is Cc1cc(Br)c(N[C@@H]2CCCC[C@H]2O)c(Br)c1. The molecule has 1 fully saturated rings. The highest BCUT2D eigenvalue weighted by Gasteiger charge is 2.23. The fourth-order valence-electron chi connectivity index (χ4n) is 2.30. The molecule has 4 heteroatoms. The maximum absolute atomic E-state index is 9.97. The van der Waals surface area contributed by atoms with Gasteiger partial charge in [0.05, 0.1) is 17.8 Å². The van der Waals surface area contributed by atoms with Crippen molar-refractivity contribution in [2.75, 3.05) is 5.32 Å². The van der Waals surface area contributed by atoms with Gasteiger partial charge < -0.3 is 10.4 Å². The second kappa shape index (κ2) is 5.72. The minimum atomic E-state index is -0.233. The lowest BCUT2D eigenvalue weighted by molar-refractivity contribution is 0.116. The number of aliphatic hydroxyl groups excluding tert-OH is 1. The Labute approximate surface area is 119 Å². The number of hydrogen-bond acceptors (Lipinski definition) is 2. The predicted molar refractivity (Wildman–Crippen MR) is 78.5 cm³/mol. The summed E-state index contributed by atoms with van der Waals surface area (Å²) in [6.07, 6.45) is 4.03. The van der Waals surface area contributed by atoms with Gasteiger partial charge in [-0.25, -0.2) is 0 Å². The van der Waals surface area contributed by atoms with Gasteiger partial charge >= 0.3 is 0 Å². The summed E-state index contributed by atoms with van der Waals surface area (Å²) in [5.74, 6) is 0. The molecule has 17 heavy (non-hydrogen) atoms. The molecule has 0 saturated heterocycles. The summed E-state index contributed by atoms with van der Waals surface area (Å²) in [7, 11) is 0. The summed E-state index contributed by atoms with van der Waals surface area (Å²) >= 11 is 7.14. The molecule has 0 aromatic heterocycles. The van der Waals surface area contributed by atoms with Gasteiger partial charge in [0.15, 0.2) is 0 Å². The molecular formula is C13H17Br2NO. The molecule has 1 aromatic rings. The van der Waals surface area contributed by atoms with E-state index < -0.39 is 0 Å². The van der Waals surface area contributed by atoms with Gasteiger partial charge in [-0.15, -0.1) is 0 Å². The summed E-state index contributed by atoms with van der Waals surface area (Å²) in [6, 6.07) is 4.34. The van der Waals surface area contributed by atoms with Crippen molar-refractivity contribution in [2.45, 2.75) is 44.8 Å². The zero-order valence-electron chi connectivity index (χ0n) is 9.84. The van der Waals surface area contributed by atoms with E-state index in [9.17, 15) is 5.11 Å². The number of rotatable bonds is 2. The molecule has 0 aliphatic heterocycles. The molecule has 0 radical (unpaired) electrons. The molecule has 0 spiro atoms. The molecule has 2 nitrogen and oxygen atoms in total. The predicted octanol–water partition coefficient (Wildman–Crippen LogP) is 4.24. The van der Waals surface area contributed by atoms with Crippen molar-refractivity contribution in [1.29, 1.82) is 0 Å². The summed E-state index contributed by atoms with van der Waals surface area (Å²) in [4.78, 5) is 0. The van der Waals surface area contributed by atoms with Crippen molar-refractivity contribution in [3.05, 3.63) is 26.6 Å². The summed E-state index contributed by atoms with van der Waals surface area (Å²) in [6.45, 7) is 2.06. The van der Waals surface area contributed by atoms with Crippen LogP contribution in [0.3, 0.4) is 0 Å². The normalized spacial score (nSPS) is 24.7. The molecule has 2 atom stereocenters. The lowest BCUT2D eigenvalue weighted by Gasteiger charge is -2.30. The zero-order chi connectivity index (χ0) is 12.4. The van der Waals surface area contributed by atoms with Crippen LogP contribution in [0.2, 0.25) is 0 Å². The summed E-state index contributed by atoms with van der Waals surface area (Å²) in [5.41, 5.74) is 2.25. The van der Waals surface area contributed by atoms with Crippen molar-refractivity contribution >= 4 is 37.5 Å². The van der Waals surface area contributed by atoms with Crippen LogP contribution in [0.25, 0.3) is 0 Å². The quantitative estimate of drug-likeness (QED) is 0.824. The van der Waals surface area contributed by atoms with Gasteiger partial charge in [0.25, 0.3) is 0 Å². The molecule has 1 aliphatic rings. The van der Waals surface area contributed by atoms with Crippen LogP contribution >= 0.6 is 31.9 Å². The maximum atomic E-state index is 9.97. The summed E-state index contributed by atoms with van der Waals surface area (Å²) in [5, 5.41) is 13.4. The van der Waals surface area contributed by atoms with Crippen LogP contribution in [0, 0.1) is 6.92 Å². The first kappa shape index (κ1) is 13.4. The topological polar surface area (TPSA) is 32.3 Å². The van der Waals surface area contributed by atoms with E-state index in [0.29, 0.717) is 0 Å². The fraction of sp³-hybridized carbons (Fsp3) is 0.538. The third-order valence-electron chi connectivity index (χ3n) is 3.25. The molecule has 2 rings (SSSR count). The van der Waals surface area contributed by atoms with Crippen LogP contribution in [0.4, 0.5) is 5.69 Å². The van der Waals surface area contributed by atoms with Crippen molar-refractivity contribution in [3.8, 4) is 0 Å². The Bertz CT molecular complexity index is 385. The van der Waals surface area contributed by atoms with Crippen LogP contribution in [-0.4, -0.2) is 17.3 Å². The Kier molecular flexibility index (Phi) is 4.50. The van der Waals surface area contributed by atoms with E-state index in [-0.39, 0.29) is 12.1 Å². The number of aryl methyl sites for hydroxylation is 1. The second-order valence-corrected chi connectivity index (χ2v) is 6.41. The standard InChI is InChI=1S/C13H17Br2NO/c1-8-6-9(14)13(10(15)7-8)16-11-4-2-3-5-12(11)17/h6-7,11-12,16-17H,2-5H2,1H3/t11-,12-/m1/s1. The van der Waals surface area contributed by atoms with Crippen LogP contribution in [0.15, 0.2) is 21.1 Å². The fourth-order valence-corrected chi connectivity index (χ4v) is 3.95. The lowest BCUT2D eigenvalue weighted by atomic mass is 9.92. The minimum absolute atomic E-state index is 0.166. The van der Waals surface area contributed by atoms with Crippen LogP contribution in [-0.2, 0) is 0 Å². The van der Waals surface area contributed by atoms with E-state index in [0.717, 1.165) is 33.9 Å². The van der Waals surface area contributed by atoms with Crippen LogP contribution in [0.1, 0.15) is 31.2 Å². The first-order valence-electron chi connectivity index (χ1n) is 5.98. The molecule has 0 unspecified atom stereocenters. The van der Waals surface area contributed by atoms with Gasteiger partial charge in [0.2, 0.25) is 0 Å². The number of halogens is 2. The van der Waals surface area contributed by atoms with E-state index in [4.69, 9.17) is 0 Å². The highest BCUT2D eigenvalue weighted by Crippen LogP contribution is 2.34. The monoisotopic (exact) mass is 361 g/mol. The van der Waals surface area contributed by atoms with Crippen molar-refractivity contribution in [3.63, 3.8) is 0 Å². The Morgan fingerprint density at radius 1 is 1.18 bits per heavy atom. The maximum Gasteiger partial charge on any atom is 0.0741 e. The second-order valence-electron chi connectivity index (χ2n) is 4.71. The summed E-state index contributed by atoms with van der Waals surface area (Å²) < 4.78 is 2.09. The highest BCUT2D eigenvalue weighted by atomic mass is 79.9. The van der Waals surface area contributed by atoms with Gasteiger partial charge in [-0.2, -0.15) is 0 Å². The Morgan fingerprint density at radius 2 is 1.76 bits per heavy atom. The van der Waals surface area contributed by atoms with Crippen LogP contribution < -0.4 is 5.32 Å². The molecule has 1 aromatic carbocycles. The van der Waals surface area contributed by atoms with Crippen molar-refractivity contribution in [2.24, 2.45) is 0 Å². The number of anilines is 1. The lowest BCUT2D eigenvalue weighted by Crippen LogP contribution is -2.36. The Morgan fingerprint density at radius 3 is 2.35 bits per heavy atom. The molecule has 0 heterocycles. The molecule has 1 saturated carbocycles. The van der Waals surface area contributed by atoms with E-state index >= 15 is 0 Å². The Balaban J connectivity index is 2.17. The molecule has 0 bridgehead atoms. The van der Waals surface area contributed by atoms with Gasteiger partial charge in [-0.1, -0.05) is 12.8 Å². The van der Waals surface area contributed by atoms with Crippen LogP contribution in [0.5, 0.6) is 0 Å². The largest absolute Gasteiger partial charge is 0.391 e. The van der Waals surface area contributed by atoms with Crippen molar-refractivity contribution in [1.82, 2.24) is 0 Å². The first-order valence-corrected chi connectivity index (χ1v) is 7.57. The minimum Gasteiger partial charge on any atom is -0.391 e. The average Bonchev–Trinajstić information content (AvgIpc) is 2.25. The molecule has 0 amide bonds. The van der Waals surface area contributed by atoms with Gasteiger partial charge in [0, 0.05) is 8.95 Å². The third kappa shape index (κ3) is 3.24. The van der Waals surface area contributed by atoms with E-state index in [1.165, 1.54) is 12.0 Å². The van der Waals surface area contributed by atoms with Gasteiger partial charge in [0.1, 0.15) is 0 Å². The van der Waals surface area contributed by atoms with E-state index in [1.807, 2.05) is 0 Å². The smallest absolute Gasteiger partial charge is 0.0741 e. The molecule has 1 aliphatic carbocycles. The van der Waals surface area contributed by atoms with Gasteiger partial charge in [-0.05, 0) is 69.3 Å². The first-order chi connectivity index (χ1) is 8.08. The van der Waals surface area contributed by atoms with Gasteiger partial charge in [-0.3, -0.25) is 0 Å². The number of nitrogens with one attached hydrogen (secondary N) is 1. The van der Waals surface area contributed by atoms with E-state index in [1.54, 1.807) is 0 Å². The number of aliphatic hydroxyl groups is 1. The molecule has 94 valence electrons. The molecular weight excluding hydrogens is 346 g/mol. The average molecular weight is 363 g/mol. The van der Waals surface area contributed by atoms with E-state index in [2.05, 4.69) is 56.2 Å².